The molecule has 1 saturated heterocycles. The predicted octanol–water partition coefficient (Wildman–Crippen LogP) is 3.33. The molecule has 0 aromatic heterocycles. The van der Waals surface area contributed by atoms with Gasteiger partial charge in [-0.2, -0.15) is 0 Å². The van der Waals surface area contributed by atoms with Gasteiger partial charge in [-0.05, 0) is 61.8 Å². The number of nitrogens with zero attached hydrogens (tertiary/aromatic N) is 1. The van der Waals surface area contributed by atoms with Crippen molar-refractivity contribution < 1.29 is 19.1 Å². The molecule has 3 rings (SSSR count). The lowest BCUT2D eigenvalue weighted by Gasteiger charge is -2.32. The summed E-state index contributed by atoms with van der Waals surface area (Å²) < 4.78 is 5.06. The number of allylic oxidation sites excluding steroid dienone is 1. The zero-order valence-electron chi connectivity index (χ0n) is 17.1. The van der Waals surface area contributed by atoms with Gasteiger partial charge in [0.2, 0.25) is 5.91 Å². The summed E-state index contributed by atoms with van der Waals surface area (Å²) >= 11 is 0. The van der Waals surface area contributed by atoms with Crippen molar-refractivity contribution in [1.82, 2.24) is 10.2 Å². The molecular weight excluding hydrogens is 368 g/mol. The molecule has 0 spiro atoms. The Morgan fingerprint density at radius 2 is 1.86 bits per heavy atom. The fourth-order valence-corrected chi connectivity index (χ4v) is 4.06. The molecule has 156 valence electrons. The van der Waals surface area contributed by atoms with Crippen molar-refractivity contribution in [2.45, 2.75) is 45.4 Å². The number of benzene rings is 1. The number of carbonyl (C=O) groups excluding carboxylic acids is 3. The molecule has 6 heteroatoms. The second kappa shape index (κ2) is 10.2. The number of amides is 2. The molecule has 1 aromatic carbocycles. The second-order valence-corrected chi connectivity index (χ2v) is 8.01. The van der Waals surface area contributed by atoms with Gasteiger partial charge in [-0.3, -0.25) is 14.4 Å². The first kappa shape index (κ1) is 21.1. The fourth-order valence-electron chi connectivity index (χ4n) is 4.06. The van der Waals surface area contributed by atoms with Gasteiger partial charge < -0.3 is 15.0 Å². The van der Waals surface area contributed by atoms with Gasteiger partial charge in [0, 0.05) is 32.1 Å². The third kappa shape index (κ3) is 6.44. The van der Waals surface area contributed by atoms with Crippen molar-refractivity contribution in [2.24, 2.45) is 11.8 Å². The molecule has 2 aliphatic rings. The van der Waals surface area contributed by atoms with Gasteiger partial charge in [-0.15, -0.1) is 0 Å². The summed E-state index contributed by atoms with van der Waals surface area (Å²) in [6.07, 6.45) is 10.4. The van der Waals surface area contributed by atoms with Crippen LogP contribution in [0.1, 0.15) is 55.8 Å². The van der Waals surface area contributed by atoms with Gasteiger partial charge in [-0.25, -0.2) is 0 Å². The van der Waals surface area contributed by atoms with E-state index in [2.05, 4.69) is 5.32 Å². The van der Waals surface area contributed by atoms with Gasteiger partial charge in [0.25, 0.3) is 5.91 Å². The van der Waals surface area contributed by atoms with Crippen LogP contribution in [0.25, 0.3) is 0 Å². The molecule has 1 aliphatic heterocycles. The Hall–Kier alpha value is -2.63. The standard InChI is InChI=1S/C23H30N2O4/c1-17(26)29-21-8-4-7-20(15-21)23(28)25-13-11-19(12-14-25)16-24-22(27)10-9-18-5-2-3-6-18/h4,7-10,15,18-19H,2-3,5-6,11-14,16H2,1H3,(H,24,27)/b10-9+. The topological polar surface area (TPSA) is 75.7 Å². The Kier molecular flexibility index (Phi) is 7.44. The Morgan fingerprint density at radius 1 is 1.14 bits per heavy atom. The summed E-state index contributed by atoms with van der Waals surface area (Å²) in [4.78, 5) is 37.7. The van der Waals surface area contributed by atoms with E-state index in [0.717, 1.165) is 12.8 Å². The maximum absolute atomic E-state index is 12.7. The van der Waals surface area contributed by atoms with Gasteiger partial charge >= 0.3 is 5.97 Å². The molecule has 0 radical (unpaired) electrons. The van der Waals surface area contributed by atoms with E-state index in [9.17, 15) is 14.4 Å². The maximum atomic E-state index is 12.7. The van der Waals surface area contributed by atoms with E-state index in [1.54, 1.807) is 30.3 Å². The number of rotatable bonds is 6. The number of ether oxygens (including phenoxy) is 1. The van der Waals surface area contributed by atoms with Crippen LogP contribution in [0.3, 0.4) is 0 Å². The first-order valence-electron chi connectivity index (χ1n) is 10.5. The number of nitrogens with one attached hydrogen (secondary N) is 1. The maximum Gasteiger partial charge on any atom is 0.308 e. The molecule has 1 heterocycles. The predicted molar refractivity (Wildman–Crippen MR) is 110 cm³/mol. The molecule has 0 atom stereocenters. The Morgan fingerprint density at radius 3 is 2.55 bits per heavy atom. The van der Waals surface area contributed by atoms with Crippen LogP contribution >= 0.6 is 0 Å². The third-order valence-corrected chi connectivity index (χ3v) is 5.73. The minimum atomic E-state index is -0.407. The number of esters is 1. The number of carbonyl (C=O) groups is 3. The van der Waals surface area contributed by atoms with E-state index in [1.165, 1.54) is 32.6 Å². The van der Waals surface area contributed by atoms with Crippen LogP contribution in [0.4, 0.5) is 0 Å². The van der Waals surface area contributed by atoms with Crippen molar-refractivity contribution in [3.63, 3.8) is 0 Å². The van der Waals surface area contributed by atoms with Gasteiger partial charge in [0.15, 0.2) is 0 Å². The first-order chi connectivity index (χ1) is 14.0. The SMILES string of the molecule is CC(=O)Oc1cccc(C(=O)N2CCC(CNC(=O)/C=C/C3CCCC3)CC2)c1. The summed E-state index contributed by atoms with van der Waals surface area (Å²) in [5, 5.41) is 3.00. The van der Waals surface area contributed by atoms with Gasteiger partial charge in [0.1, 0.15) is 5.75 Å². The average molecular weight is 399 g/mol. The smallest absolute Gasteiger partial charge is 0.308 e. The van der Waals surface area contributed by atoms with Crippen molar-refractivity contribution >= 4 is 17.8 Å². The van der Waals surface area contributed by atoms with Crippen molar-refractivity contribution in [2.75, 3.05) is 19.6 Å². The summed E-state index contributed by atoms with van der Waals surface area (Å²) in [5.41, 5.74) is 0.521. The summed E-state index contributed by atoms with van der Waals surface area (Å²) in [6.45, 7) is 3.31. The molecule has 2 fully saturated rings. The molecule has 6 nitrogen and oxygen atoms in total. The number of likely N-dealkylation sites (tertiary alicyclic amines) is 1. The van der Waals surface area contributed by atoms with E-state index < -0.39 is 5.97 Å². The molecule has 1 aromatic rings. The van der Waals surface area contributed by atoms with Crippen molar-refractivity contribution in [3.8, 4) is 5.75 Å². The van der Waals surface area contributed by atoms with Crippen LogP contribution in [0.5, 0.6) is 5.75 Å². The van der Waals surface area contributed by atoms with E-state index >= 15 is 0 Å². The van der Waals surface area contributed by atoms with Crippen LogP contribution in [0, 0.1) is 11.8 Å². The zero-order chi connectivity index (χ0) is 20.6. The monoisotopic (exact) mass is 398 g/mol. The largest absolute Gasteiger partial charge is 0.427 e. The minimum absolute atomic E-state index is 0.0160. The summed E-state index contributed by atoms with van der Waals surface area (Å²) in [7, 11) is 0. The lowest BCUT2D eigenvalue weighted by atomic mass is 9.96. The summed E-state index contributed by atoms with van der Waals surface area (Å²) in [6, 6.07) is 6.71. The highest BCUT2D eigenvalue weighted by Gasteiger charge is 2.24. The second-order valence-electron chi connectivity index (χ2n) is 8.01. The van der Waals surface area contributed by atoms with Gasteiger partial charge in [-0.1, -0.05) is 25.0 Å². The molecular formula is C23H30N2O4. The molecule has 1 aliphatic carbocycles. The van der Waals surface area contributed by atoms with Crippen LogP contribution in [0.2, 0.25) is 0 Å². The zero-order valence-corrected chi connectivity index (χ0v) is 17.1. The van der Waals surface area contributed by atoms with Crippen LogP contribution < -0.4 is 10.1 Å². The van der Waals surface area contributed by atoms with E-state index in [4.69, 9.17) is 4.74 Å². The summed E-state index contributed by atoms with van der Waals surface area (Å²) in [5.74, 6) is 0.852. The lowest BCUT2D eigenvalue weighted by Crippen LogP contribution is -2.41. The quantitative estimate of drug-likeness (QED) is 0.453. The molecule has 1 saturated carbocycles. The lowest BCUT2D eigenvalue weighted by molar-refractivity contribution is -0.131. The van der Waals surface area contributed by atoms with Crippen molar-refractivity contribution in [3.05, 3.63) is 42.0 Å². The Bertz CT molecular complexity index is 760. The van der Waals surface area contributed by atoms with Crippen LogP contribution in [0.15, 0.2) is 36.4 Å². The number of hydrogen-bond donors (Lipinski definition) is 1. The van der Waals surface area contributed by atoms with E-state index in [0.29, 0.717) is 42.8 Å². The van der Waals surface area contributed by atoms with E-state index in [-0.39, 0.29) is 11.8 Å². The highest BCUT2D eigenvalue weighted by molar-refractivity contribution is 5.94. The van der Waals surface area contributed by atoms with Crippen LogP contribution in [-0.2, 0) is 9.59 Å². The molecule has 0 unspecified atom stereocenters. The van der Waals surface area contributed by atoms with Gasteiger partial charge in [0.05, 0.1) is 0 Å². The first-order valence-corrected chi connectivity index (χ1v) is 10.5. The Balaban J connectivity index is 1.42. The number of hydrogen-bond acceptors (Lipinski definition) is 4. The molecule has 0 bridgehead atoms. The van der Waals surface area contributed by atoms with Crippen molar-refractivity contribution in [1.29, 1.82) is 0 Å². The van der Waals surface area contributed by atoms with Crippen LogP contribution in [-0.4, -0.2) is 42.3 Å². The highest BCUT2D eigenvalue weighted by Crippen LogP contribution is 2.25. The molecule has 1 N–H and O–H groups in total. The minimum Gasteiger partial charge on any atom is -0.427 e. The normalized spacial score (nSPS) is 18.2. The molecule has 2 amide bonds. The fraction of sp³-hybridized carbons (Fsp3) is 0.522. The Labute approximate surface area is 172 Å². The number of piperidine rings is 1. The average Bonchev–Trinajstić information content (AvgIpc) is 3.24. The third-order valence-electron chi connectivity index (χ3n) is 5.73. The highest BCUT2D eigenvalue weighted by atomic mass is 16.5. The van der Waals surface area contributed by atoms with E-state index in [1.807, 2.05) is 11.0 Å². The molecule has 29 heavy (non-hydrogen) atoms.